The average molecular weight is 279 g/mol. The van der Waals surface area contributed by atoms with Crippen LogP contribution in [0.4, 0.5) is 0 Å². The second-order valence-electron chi connectivity index (χ2n) is 4.30. The molecular formula is C12H13N3O5. The highest BCUT2D eigenvalue weighted by atomic mass is 16.5. The number of hydrogen-bond acceptors (Lipinski definition) is 6. The zero-order chi connectivity index (χ0) is 13.9. The molecule has 3 heterocycles. The first-order valence-corrected chi connectivity index (χ1v) is 6.21. The molecule has 0 radical (unpaired) electrons. The number of carbonyl (C=O) groups excluding carboxylic acids is 1. The van der Waals surface area contributed by atoms with Gasteiger partial charge in [0.25, 0.3) is 5.89 Å². The van der Waals surface area contributed by atoms with Crippen LogP contribution in [-0.2, 0) is 16.1 Å². The smallest absolute Gasteiger partial charge is 0.437 e. The second-order valence-corrected chi connectivity index (χ2v) is 4.30. The van der Waals surface area contributed by atoms with Gasteiger partial charge in [-0.25, -0.2) is 4.79 Å². The summed E-state index contributed by atoms with van der Waals surface area (Å²) >= 11 is 0. The van der Waals surface area contributed by atoms with E-state index in [0.717, 1.165) is 4.68 Å². The number of hydrogen-bond donors (Lipinski definition) is 0. The van der Waals surface area contributed by atoms with Gasteiger partial charge in [-0.1, -0.05) is 0 Å². The minimum Gasteiger partial charge on any atom is -0.459 e. The van der Waals surface area contributed by atoms with Crippen molar-refractivity contribution in [2.45, 2.75) is 6.54 Å². The summed E-state index contributed by atoms with van der Waals surface area (Å²) in [6.45, 7) is 1.92. The SMILES string of the molecule is O=C(Cn1nc(-c2ccco2)oc1=O)N1CCOCC1. The lowest BCUT2D eigenvalue weighted by Gasteiger charge is -2.26. The van der Waals surface area contributed by atoms with Crippen LogP contribution < -0.4 is 5.76 Å². The third kappa shape index (κ3) is 2.50. The van der Waals surface area contributed by atoms with E-state index in [4.69, 9.17) is 13.6 Å². The molecule has 106 valence electrons. The minimum atomic E-state index is -0.682. The van der Waals surface area contributed by atoms with Crippen LogP contribution in [0.5, 0.6) is 0 Å². The zero-order valence-electron chi connectivity index (χ0n) is 10.7. The van der Waals surface area contributed by atoms with Gasteiger partial charge in [0.1, 0.15) is 6.54 Å². The van der Waals surface area contributed by atoms with Crippen LogP contribution in [0.15, 0.2) is 32.0 Å². The molecule has 0 N–H and O–H groups in total. The molecule has 3 rings (SSSR count). The lowest BCUT2D eigenvalue weighted by atomic mass is 10.4. The summed E-state index contributed by atoms with van der Waals surface area (Å²) in [6, 6.07) is 3.28. The van der Waals surface area contributed by atoms with Gasteiger partial charge in [0.05, 0.1) is 19.5 Å². The molecule has 2 aromatic heterocycles. The molecule has 0 unspecified atom stereocenters. The first kappa shape index (κ1) is 12.7. The molecule has 0 saturated carbocycles. The second kappa shape index (κ2) is 5.33. The van der Waals surface area contributed by atoms with E-state index in [1.807, 2.05) is 0 Å². The zero-order valence-corrected chi connectivity index (χ0v) is 10.7. The predicted molar refractivity (Wildman–Crippen MR) is 65.9 cm³/mol. The van der Waals surface area contributed by atoms with Gasteiger partial charge in [-0.3, -0.25) is 4.79 Å². The van der Waals surface area contributed by atoms with Gasteiger partial charge in [0, 0.05) is 13.1 Å². The molecule has 1 saturated heterocycles. The predicted octanol–water partition coefficient (Wildman–Crippen LogP) is -0.0449. The summed E-state index contributed by atoms with van der Waals surface area (Å²) in [5, 5.41) is 3.95. The first-order valence-electron chi connectivity index (χ1n) is 6.21. The maximum atomic E-state index is 12.0. The molecule has 1 fully saturated rings. The van der Waals surface area contributed by atoms with Crippen LogP contribution in [0.2, 0.25) is 0 Å². The van der Waals surface area contributed by atoms with Gasteiger partial charge < -0.3 is 18.5 Å². The van der Waals surface area contributed by atoms with Crippen molar-refractivity contribution in [3.63, 3.8) is 0 Å². The molecule has 8 nitrogen and oxygen atoms in total. The van der Waals surface area contributed by atoms with Crippen molar-refractivity contribution >= 4 is 5.91 Å². The summed E-state index contributed by atoms with van der Waals surface area (Å²) in [6.07, 6.45) is 1.45. The van der Waals surface area contributed by atoms with Crippen molar-refractivity contribution in [1.29, 1.82) is 0 Å². The fourth-order valence-electron chi connectivity index (χ4n) is 1.95. The molecule has 1 aliphatic rings. The summed E-state index contributed by atoms with van der Waals surface area (Å²) in [7, 11) is 0. The summed E-state index contributed by atoms with van der Waals surface area (Å²) in [5.41, 5.74) is 0. The molecule has 0 aliphatic carbocycles. The van der Waals surface area contributed by atoms with E-state index in [1.165, 1.54) is 6.26 Å². The van der Waals surface area contributed by atoms with Crippen LogP contribution in [0.1, 0.15) is 0 Å². The molecule has 0 atom stereocenters. The normalized spacial score (nSPS) is 15.5. The number of morpholine rings is 1. The third-order valence-electron chi connectivity index (χ3n) is 2.99. The largest absolute Gasteiger partial charge is 0.459 e. The van der Waals surface area contributed by atoms with E-state index in [2.05, 4.69) is 5.10 Å². The van der Waals surface area contributed by atoms with E-state index in [-0.39, 0.29) is 18.3 Å². The fraction of sp³-hybridized carbons (Fsp3) is 0.417. The number of furan rings is 1. The number of amides is 1. The van der Waals surface area contributed by atoms with Crippen molar-refractivity contribution in [1.82, 2.24) is 14.7 Å². The number of rotatable bonds is 3. The summed E-state index contributed by atoms with van der Waals surface area (Å²) < 4.78 is 16.2. The molecule has 8 heteroatoms. The van der Waals surface area contributed by atoms with Crippen LogP contribution >= 0.6 is 0 Å². The highest BCUT2D eigenvalue weighted by molar-refractivity contribution is 5.76. The van der Waals surface area contributed by atoms with Crippen molar-refractivity contribution < 1.29 is 18.4 Å². The highest BCUT2D eigenvalue weighted by Gasteiger charge is 2.20. The Kier molecular flexibility index (Phi) is 3.38. The van der Waals surface area contributed by atoms with Gasteiger partial charge in [-0.15, -0.1) is 5.10 Å². The third-order valence-corrected chi connectivity index (χ3v) is 2.99. The van der Waals surface area contributed by atoms with Crippen LogP contribution in [0, 0.1) is 0 Å². The van der Waals surface area contributed by atoms with E-state index >= 15 is 0 Å². The number of nitrogens with zero attached hydrogens (tertiary/aromatic N) is 3. The molecule has 20 heavy (non-hydrogen) atoms. The van der Waals surface area contributed by atoms with Crippen LogP contribution in [0.3, 0.4) is 0 Å². The van der Waals surface area contributed by atoms with Gasteiger partial charge in [-0.05, 0) is 12.1 Å². The fourth-order valence-corrected chi connectivity index (χ4v) is 1.95. The van der Waals surface area contributed by atoms with Gasteiger partial charge in [0.15, 0.2) is 5.76 Å². The molecule has 1 aliphatic heterocycles. The van der Waals surface area contributed by atoms with Crippen molar-refractivity contribution in [3.8, 4) is 11.7 Å². The van der Waals surface area contributed by atoms with Crippen LogP contribution in [-0.4, -0.2) is 46.9 Å². The Morgan fingerprint density at radius 3 is 2.85 bits per heavy atom. The molecule has 1 amide bonds. The van der Waals surface area contributed by atoms with E-state index in [0.29, 0.717) is 32.1 Å². The Labute approximate surface area is 113 Å². The molecule has 0 spiro atoms. The Hall–Kier alpha value is -2.35. The van der Waals surface area contributed by atoms with Crippen molar-refractivity contribution in [3.05, 3.63) is 28.9 Å². The Morgan fingerprint density at radius 2 is 2.15 bits per heavy atom. The van der Waals surface area contributed by atoms with Gasteiger partial charge in [-0.2, -0.15) is 4.68 Å². The maximum absolute atomic E-state index is 12.0. The number of ether oxygens (including phenoxy) is 1. The van der Waals surface area contributed by atoms with E-state index < -0.39 is 5.76 Å². The molecule has 2 aromatic rings. The molecule has 0 bridgehead atoms. The Morgan fingerprint density at radius 1 is 1.35 bits per heavy atom. The Bertz CT molecular complexity index is 636. The number of carbonyl (C=O) groups is 1. The summed E-state index contributed by atoms with van der Waals surface area (Å²) in [4.78, 5) is 25.3. The lowest BCUT2D eigenvalue weighted by Crippen LogP contribution is -2.43. The van der Waals surface area contributed by atoms with Crippen LogP contribution in [0.25, 0.3) is 11.7 Å². The number of aromatic nitrogens is 2. The first-order chi connectivity index (χ1) is 9.74. The quantitative estimate of drug-likeness (QED) is 0.782. The topological polar surface area (TPSA) is 90.7 Å². The Balaban J connectivity index is 1.74. The molecular weight excluding hydrogens is 266 g/mol. The monoisotopic (exact) mass is 279 g/mol. The van der Waals surface area contributed by atoms with Gasteiger partial charge >= 0.3 is 5.76 Å². The standard InChI is InChI=1S/C12H13N3O5/c16-10(14-3-6-18-7-4-14)8-15-12(17)20-11(13-15)9-2-1-5-19-9/h1-2,5H,3-4,6-8H2. The van der Waals surface area contributed by atoms with E-state index in [9.17, 15) is 9.59 Å². The van der Waals surface area contributed by atoms with E-state index in [1.54, 1.807) is 17.0 Å². The van der Waals surface area contributed by atoms with Gasteiger partial charge in [0.2, 0.25) is 5.91 Å². The average Bonchev–Trinajstić information content (AvgIpc) is 3.10. The maximum Gasteiger partial charge on any atom is 0.437 e. The highest BCUT2D eigenvalue weighted by Crippen LogP contribution is 2.15. The summed E-state index contributed by atoms with van der Waals surface area (Å²) in [5.74, 6) is -0.456. The van der Waals surface area contributed by atoms with Crippen molar-refractivity contribution in [2.75, 3.05) is 26.3 Å². The lowest BCUT2D eigenvalue weighted by molar-refractivity contribution is -0.136. The molecule has 0 aromatic carbocycles. The van der Waals surface area contributed by atoms with Crippen molar-refractivity contribution in [2.24, 2.45) is 0 Å². The minimum absolute atomic E-state index is 0.0646.